The quantitative estimate of drug-likeness (QED) is 0.750. The summed E-state index contributed by atoms with van der Waals surface area (Å²) in [5.74, 6) is 0.503. The van der Waals surface area contributed by atoms with E-state index in [4.69, 9.17) is 0 Å². The smallest absolute Gasteiger partial charge is 0.214 e. The first kappa shape index (κ1) is 12.8. The van der Waals surface area contributed by atoms with Crippen molar-refractivity contribution in [1.82, 2.24) is 14.4 Å². The summed E-state index contributed by atoms with van der Waals surface area (Å²) in [5, 5.41) is 2.96. The zero-order chi connectivity index (χ0) is 14.1. The molecule has 100 valence electrons. The number of nitrogens with one attached hydrogen (secondary N) is 1. The predicted octanol–water partition coefficient (Wildman–Crippen LogP) is 2.76. The molecular weight excluding hydrogens is 320 g/mol. The molecule has 0 aliphatic heterocycles. The van der Waals surface area contributed by atoms with Gasteiger partial charge < -0.3 is 5.32 Å². The lowest BCUT2D eigenvalue weighted by Gasteiger charge is -2.00. The molecule has 0 unspecified atom stereocenters. The Morgan fingerprint density at radius 1 is 1.30 bits per heavy atom. The molecule has 6 heteroatoms. The van der Waals surface area contributed by atoms with E-state index < -0.39 is 0 Å². The number of halogens is 1. The zero-order valence-corrected chi connectivity index (χ0v) is 12.3. The molecule has 3 aromatic rings. The Bertz CT molecular complexity index is 782. The van der Waals surface area contributed by atoms with Gasteiger partial charge in [-0.1, -0.05) is 30.3 Å². The molecule has 0 amide bonds. The van der Waals surface area contributed by atoms with Gasteiger partial charge in [0, 0.05) is 25.0 Å². The summed E-state index contributed by atoms with van der Waals surface area (Å²) in [6.07, 6.45) is 3.41. The van der Waals surface area contributed by atoms with E-state index in [2.05, 4.69) is 31.2 Å². The highest BCUT2D eigenvalue weighted by atomic mass is 79.9. The molecule has 0 radical (unpaired) electrons. The molecule has 5 nitrogen and oxygen atoms in total. The van der Waals surface area contributed by atoms with Gasteiger partial charge in [0.2, 0.25) is 5.78 Å². The molecule has 0 saturated carbocycles. The summed E-state index contributed by atoms with van der Waals surface area (Å²) < 4.78 is 2.41. The normalized spacial score (nSPS) is 10.7. The van der Waals surface area contributed by atoms with E-state index in [-0.39, 0.29) is 5.78 Å². The number of hydrogen-bond donors (Lipinski definition) is 1. The van der Waals surface area contributed by atoms with Gasteiger partial charge in [0.1, 0.15) is 10.3 Å². The van der Waals surface area contributed by atoms with E-state index in [1.54, 1.807) is 36.0 Å². The van der Waals surface area contributed by atoms with E-state index in [1.165, 1.54) is 0 Å². The van der Waals surface area contributed by atoms with Crippen LogP contribution < -0.4 is 5.32 Å². The molecule has 0 atom stereocenters. The summed E-state index contributed by atoms with van der Waals surface area (Å²) in [6, 6.07) is 9.08. The maximum absolute atomic E-state index is 12.5. The van der Waals surface area contributed by atoms with Gasteiger partial charge in [-0.05, 0) is 15.9 Å². The number of imidazole rings is 1. The fourth-order valence-corrected chi connectivity index (χ4v) is 2.55. The number of rotatable bonds is 3. The van der Waals surface area contributed by atoms with Crippen LogP contribution in [0.15, 0.2) is 47.3 Å². The van der Waals surface area contributed by atoms with Crippen LogP contribution in [0.1, 0.15) is 16.1 Å². The summed E-state index contributed by atoms with van der Waals surface area (Å²) in [6.45, 7) is 0. The second-order valence-corrected chi connectivity index (χ2v) is 4.92. The molecule has 2 heterocycles. The van der Waals surface area contributed by atoms with Crippen LogP contribution >= 0.6 is 15.9 Å². The molecule has 1 aromatic carbocycles. The van der Waals surface area contributed by atoms with E-state index >= 15 is 0 Å². The lowest BCUT2D eigenvalue weighted by Crippen LogP contribution is -2.02. The van der Waals surface area contributed by atoms with Gasteiger partial charge in [-0.3, -0.25) is 9.20 Å². The number of aromatic nitrogens is 3. The largest absolute Gasteiger partial charge is 0.370 e. The topological polar surface area (TPSA) is 59.3 Å². The second-order valence-electron chi connectivity index (χ2n) is 4.17. The third kappa shape index (κ3) is 1.98. The number of hydrogen-bond acceptors (Lipinski definition) is 4. The minimum atomic E-state index is -0.122. The summed E-state index contributed by atoms with van der Waals surface area (Å²) in [4.78, 5) is 21.1. The molecule has 0 aliphatic carbocycles. The van der Waals surface area contributed by atoms with E-state index in [9.17, 15) is 4.79 Å². The summed E-state index contributed by atoms with van der Waals surface area (Å²) in [5.41, 5.74) is 1.59. The highest BCUT2D eigenvalue weighted by molar-refractivity contribution is 9.10. The number of anilines is 1. The predicted molar refractivity (Wildman–Crippen MR) is 80.1 cm³/mol. The van der Waals surface area contributed by atoms with Crippen molar-refractivity contribution < 1.29 is 4.79 Å². The molecule has 0 aliphatic rings. The Labute approximate surface area is 123 Å². The summed E-state index contributed by atoms with van der Waals surface area (Å²) in [7, 11) is 1.77. The zero-order valence-electron chi connectivity index (χ0n) is 10.7. The maximum Gasteiger partial charge on any atom is 0.214 e. The van der Waals surface area contributed by atoms with Gasteiger partial charge in [-0.15, -0.1) is 0 Å². The Morgan fingerprint density at radius 2 is 2.05 bits per heavy atom. The summed E-state index contributed by atoms with van der Waals surface area (Å²) >= 11 is 3.44. The number of carbonyl (C=O) groups excluding carboxylic acids is 1. The first-order chi connectivity index (χ1) is 9.72. The van der Waals surface area contributed by atoms with Crippen molar-refractivity contribution in [3.05, 3.63) is 58.6 Å². The van der Waals surface area contributed by atoms with Gasteiger partial charge in [0.15, 0.2) is 11.5 Å². The van der Waals surface area contributed by atoms with Gasteiger partial charge in [0.25, 0.3) is 0 Å². The SMILES string of the molecule is CNc1nccn2c(Br)c(C(=O)c3ccccc3)nc12. The van der Waals surface area contributed by atoms with Gasteiger partial charge in [0.05, 0.1) is 0 Å². The minimum Gasteiger partial charge on any atom is -0.370 e. The molecule has 0 saturated heterocycles. The second kappa shape index (κ2) is 5.05. The Kier molecular flexibility index (Phi) is 3.23. The van der Waals surface area contributed by atoms with E-state index in [0.29, 0.717) is 27.3 Å². The monoisotopic (exact) mass is 330 g/mol. The molecule has 2 aromatic heterocycles. The molecule has 0 fully saturated rings. The average molecular weight is 331 g/mol. The van der Waals surface area contributed by atoms with Crippen LogP contribution in [0, 0.1) is 0 Å². The third-order valence-corrected chi connectivity index (χ3v) is 3.73. The minimum absolute atomic E-state index is 0.122. The van der Waals surface area contributed by atoms with Crippen LogP contribution in [0.4, 0.5) is 5.82 Å². The number of fused-ring (bicyclic) bond motifs is 1. The average Bonchev–Trinajstić information content (AvgIpc) is 2.85. The van der Waals surface area contributed by atoms with Crippen molar-refractivity contribution in [3.63, 3.8) is 0 Å². The standard InChI is InChI=1S/C14H11BrN4O/c1-16-13-14-18-10(12(15)19(14)8-7-17-13)11(20)9-5-3-2-4-6-9/h2-8H,1H3,(H,16,17). The lowest BCUT2D eigenvalue weighted by atomic mass is 10.1. The fourth-order valence-electron chi connectivity index (χ4n) is 2.00. The molecule has 3 rings (SSSR count). The van der Waals surface area contributed by atoms with Crippen LogP contribution in [0.5, 0.6) is 0 Å². The Morgan fingerprint density at radius 3 is 2.75 bits per heavy atom. The van der Waals surface area contributed by atoms with Crippen LogP contribution in [0.3, 0.4) is 0 Å². The molecule has 0 spiro atoms. The van der Waals surface area contributed by atoms with Crippen molar-refractivity contribution in [2.75, 3.05) is 12.4 Å². The van der Waals surface area contributed by atoms with Gasteiger partial charge >= 0.3 is 0 Å². The highest BCUT2D eigenvalue weighted by Crippen LogP contribution is 2.24. The fraction of sp³-hybridized carbons (Fsp3) is 0.0714. The first-order valence-electron chi connectivity index (χ1n) is 6.02. The Hall–Kier alpha value is -2.21. The molecule has 0 bridgehead atoms. The molecular formula is C14H11BrN4O. The Balaban J connectivity index is 2.18. The van der Waals surface area contributed by atoms with Crippen LogP contribution in [-0.2, 0) is 0 Å². The third-order valence-electron chi connectivity index (χ3n) is 2.97. The molecule has 1 N–H and O–H groups in total. The van der Waals surface area contributed by atoms with Crippen molar-refractivity contribution in [2.24, 2.45) is 0 Å². The maximum atomic E-state index is 12.5. The van der Waals surface area contributed by atoms with Crippen molar-refractivity contribution >= 4 is 33.2 Å². The van der Waals surface area contributed by atoms with Crippen LogP contribution in [0.25, 0.3) is 5.65 Å². The number of benzene rings is 1. The number of ketones is 1. The van der Waals surface area contributed by atoms with Crippen molar-refractivity contribution in [1.29, 1.82) is 0 Å². The van der Waals surface area contributed by atoms with E-state index in [0.717, 1.165) is 0 Å². The molecule has 20 heavy (non-hydrogen) atoms. The number of carbonyl (C=O) groups is 1. The number of nitrogens with zero attached hydrogens (tertiary/aromatic N) is 3. The lowest BCUT2D eigenvalue weighted by molar-refractivity contribution is 0.103. The van der Waals surface area contributed by atoms with E-state index in [1.807, 2.05) is 18.2 Å². The van der Waals surface area contributed by atoms with Crippen molar-refractivity contribution in [3.8, 4) is 0 Å². The van der Waals surface area contributed by atoms with Crippen molar-refractivity contribution in [2.45, 2.75) is 0 Å². The van der Waals surface area contributed by atoms with Gasteiger partial charge in [-0.2, -0.15) is 0 Å². The van der Waals surface area contributed by atoms with Crippen LogP contribution in [0.2, 0.25) is 0 Å². The highest BCUT2D eigenvalue weighted by Gasteiger charge is 2.20. The van der Waals surface area contributed by atoms with Crippen LogP contribution in [-0.4, -0.2) is 27.2 Å². The van der Waals surface area contributed by atoms with Gasteiger partial charge in [-0.25, -0.2) is 9.97 Å². The first-order valence-corrected chi connectivity index (χ1v) is 6.81.